The van der Waals surface area contributed by atoms with Crippen molar-refractivity contribution in [1.82, 2.24) is 0 Å². The zero-order valence-corrected chi connectivity index (χ0v) is 14.2. The zero-order chi connectivity index (χ0) is 16.2. The quantitative estimate of drug-likeness (QED) is 0.477. The lowest BCUT2D eigenvalue weighted by Gasteiger charge is -2.18. The van der Waals surface area contributed by atoms with Crippen molar-refractivity contribution in [3.8, 4) is 0 Å². The maximum Gasteiger partial charge on any atom is 0.600 e. The summed E-state index contributed by atoms with van der Waals surface area (Å²) in [5.74, 6) is 0. The van der Waals surface area contributed by atoms with Crippen molar-refractivity contribution in [3.05, 3.63) is 34.7 Å². The molecule has 21 heavy (non-hydrogen) atoms. The van der Waals surface area contributed by atoms with E-state index in [1.807, 2.05) is 53.7 Å². The molecule has 116 valence electrons. The van der Waals surface area contributed by atoms with Crippen LogP contribution in [0.4, 0.5) is 13.2 Å². The molecule has 0 fully saturated rings. The van der Waals surface area contributed by atoms with Crippen molar-refractivity contribution in [2.75, 3.05) is 0 Å². The van der Waals surface area contributed by atoms with E-state index in [4.69, 9.17) is 0 Å². The molecular formula is C17H22F3S+. The second kappa shape index (κ2) is 4.73. The summed E-state index contributed by atoms with van der Waals surface area (Å²) >= 11 is 0. The molecule has 1 aromatic heterocycles. The minimum atomic E-state index is -4.22. The van der Waals surface area contributed by atoms with Crippen LogP contribution in [0.3, 0.4) is 0 Å². The van der Waals surface area contributed by atoms with Crippen molar-refractivity contribution in [2.45, 2.75) is 57.9 Å². The maximum atomic E-state index is 13.6. The van der Waals surface area contributed by atoms with Crippen LogP contribution in [0.25, 0.3) is 10.1 Å². The number of halogens is 3. The first kappa shape index (κ1) is 16.3. The van der Waals surface area contributed by atoms with Gasteiger partial charge in [0.05, 0.1) is 10.5 Å². The van der Waals surface area contributed by atoms with Gasteiger partial charge in [-0.15, -0.1) is 13.2 Å². The van der Waals surface area contributed by atoms with Gasteiger partial charge >= 0.3 is 5.51 Å². The predicted octanol–water partition coefficient (Wildman–Crippen LogP) is 6.66. The molecule has 0 aliphatic rings. The van der Waals surface area contributed by atoms with Crippen LogP contribution in [-0.2, 0) is 16.3 Å². The van der Waals surface area contributed by atoms with Crippen LogP contribution in [0.2, 0.25) is 0 Å². The van der Waals surface area contributed by atoms with Crippen LogP contribution < -0.4 is 0 Å². The van der Waals surface area contributed by atoms with Crippen LogP contribution in [0.15, 0.2) is 24.3 Å². The van der Waals surface area contributed by atoms with Crippen LogP contribution in [0.1, 0.15) is 52.0 Å². The molecule has 0 nitrogen and oxygen atoms in total. The van der Waals surface area contributed by atoms with Gasteiger partial charge in [-0.05, 0) is 17.0 Å². The van der Waals surface area contributed by atoms with E-state index in [0.717, 1.165) is 5.56 Å². The molecule has 2 aromatic rings. The third-order valence-corrected chi connectivity index (χ3v) is 6.00. The number of benzene rings is 1. The Labute approximate surface area is 127 Å². The standard InChI is InChI=1S/C17H22F3S/c1-15(2,3)12-8-7-11-9-14(16(4,5)6)21(13(11)10-12)17(18,19)20/h7-10H,1-6H3/q+1. The first-order valence-corrected chi connectivity index (χ1v) is 8.22. The molecule has 1 atom stereocenters. The average molecular weight is 315 g/mol. The second-order valence-corrected chi connectivity index (χ2v) is 9.47. The van der Waals surface area contributed by atoms with Gasteiger partial charge in [0.25, 0.3) is 0 Å². The SMILES string of the molecule is CC(C)(C)c1ccc2cc(C(C)(C)C)[s+](C(F)(F)F)c2c1. The van der Waals surface area contributed by atoms with Gasteiger partial charge in [0.1, 0.15) is 0 Å². The van der Waals surface area contributed by atoms with Gasteiger partial charge in [-0.3, -0.25) is 0 Å². The van der Waals surface area contributed by atoms with E-state index >= 15 is 0 Å². The first-order valence-electron chi connectivity index (χ1n) is 6.99. The Morgan fingerprint density at radius 1 is 0.810 bits per heavy atom. The predicted molar refractivity (Wildman–Crippen MR) is 85.1 cm³/mol. The fourth-order valence-electron chi connectivity index (χ4n) is 2.39. The summed E-state index contributed by atoms with van der Waals surface area (Å²) < 4.78 is 41.3. The third-order valence-electron chi connectivity index (χ3n) is 3.58. The van der Waals surface area contributed by atoms with Gasteiger partial charge < -0.3 is 0 Å². The lowest BCUT2D eigenvalue weighted by molar-refractivity contribution is -0.0869. The number of hydrogen-bond donors (Lipinski definition) is 0. The second-order valence-electron chi connectivity index (χ2n) is 7.51. The molecule has 1 aromatic carbocycles. The first-order chi connectivity index (χ1) is 9.32. The monoisotopic (exact) mass is 315 g/mol. The molecule has 0 saturated heterocycles. The highest BCUT2D eigenvalue weighted by Crippen LogP contribution is 2.54. The molecule has 0 aliphatic carbocycles. The van der Waals surface area contributed by atoms with Crippen LogP contribution in [0.5, 0.6) is 0 Å². The largest absolute Gasteiger partial charge is 0.600 e. The van der Waals surface area contributed by atoms with E-state index in [0.29, 0.717) is 15.0 Å². The summed E-state index contributed by atoms with van der Waals surface area (Å²) in [5, 5.41) is 0.716. The number of rotatable bonds is 0. The molecule has 0 radical (unpaired) electrons. The maximum absolute atomic E-state index is 13.6. The van der Waals surface area contributed by atoms with E-state index in [-0.39, 0.29) is 5.41 Å². The molecular weight excluding hydrogens is 293 g/mol. The average Bonchev–Trinajstić information content (AvgIpc) is 2.64. The molecule has 4 heteroatoms. The van der Waals surface area contributed by atoms with Crippen molar-refractivity contribution in [2.24, 2.45) is 0 Å². The van der Waals surface area contributed by atoms with E-state index in [1.54, 1.807) is 12.1 Å². The van der Waals surface area contributed by atoms with Gasteiger partial charge in [-0.1, -0.05) is 47.6 Å². The van der Waals surface area contributed by atoms with Gasteiger partial charge in [-0.25, -0.2) is 0 Å². The molecule has 0 saturated carbocycles. The number of alkyl halides is 3. The molecule has 2 rings (SSSR count). The topological polar surface area (TPSA) is 0 Å². The summed E-state index contributed by atoms with van der Waals surface area (Å²) in [7, 11) is -1.81. The Morgan fingerprint density at radius 2 is 1.38 bits per heavy atom. The van der Waals surface area contributed by atoms with Gasteiger partial charge in [-0.2, -0.15) is 0 Å². The van der Waals surface area contributed by atoms with Gasteiger partial charge in [0, 0.05) is 22.9 Å². The molecule has 0 amide bonds. The fraction of sp³-hybridized carbons (Fsp3) is 0.529. The summed E-state index contributed by atoms with van der Waals surface area (Å²) in [6, 6.07) is 7.26. The van der Waals surface area contributed by atoms with Crippen LogP contribution in [-0.4, -0.2) is 0 Å². The molecule has 0 N–H and O–H groups in total. The van der Waals surface area contributed by atoms with Crippen molar-refractivity contribution in [1.29, 1.82) is 0 Å². The molecule has 1 heterocycles. The van der Waals surface area contributed by atoms with E-state index in [2.05, 4.69) is 0 Å². The molecule has 0 aliphatic heterocycles. The highest BCUT2D eigenvalue weighted by Gasteiger charge is 2.50. The zero-order valence-electron chi connectivity index (χ0n) is 13.4. The summed E-state index contributed by atoms with van der Waals surface area (Å²) in [4.78, 5) is 0.482. The normalized spacial score (nSPS) is 14.8. The molecule has 1 unspecified atom stereocenters. The third kappa shape index (κ3) is 3.10. The van der Waals surface area contributed by atoms with E-state index < -0.39 is 21.4 Å². The van der Waals surface area contributed by atoms with Crippen molar-refractivity contribution < 1.29 is 13.2 Å². The summed E-state index contributed by atoms with van der Waals surface area (Å²) in [6.07, 6.45) is 0. The number of thiophene rings is 1. The Bertz CT molecular complexity index is 664. The molecule has 0 spiro atoms. The highest BCUT2D eigenvalue weighted by atomic mass is 32.2. The smallest absolute Gasteiger partial charge is 0.118 e. The minimum absolute atomic E-state index is 0.153. The Balaban J connectivity index is 2.85. The van der Waals surface area contributed by atoms with Crippen molar-refractivity contribution >= 4 is 20.6 Å². The Hall–Kier alpha value is -1.03. The van der Waals surface area contributed by atoms with E-state index in [9.17, 15) is 13.2 Å². The Morgan fingerprint density at radius 3 is 1.81 bits per heavy atom. The fourth-order valence-corrected chi connectivity index (χ4v) is 4.59. The van der Waals surface area contributed by atoms with Crippen molar-refractivity contribution in [3.63, 3.8) is 0 Å². The van der Waals surface area contributed by atoms with Crippen LogP contribution >= 0.6 is 10.5 Å². The van der Waals surface area contributed by atoms with E-state index in [1.165, 1.54) is 0 Å². The lowest BCUT2D eigenvalue weighted by Crippen LogP contribution is -2.12. The van der Waals surface area contributed by atoms with Gasteiger partial charge in [0.2, 0.25) is 0 Å². The van der Waals surface area contributed by atoms with Gasteiger partial charge in [0.15, 0.2) is 9.58 Å². The minimum Gasteiger partial charge on any atom is -0.118 e. The summed E-state index contributed by atoms with van der Waals surface area (Å²) in [5.41, 5.74) is -3.91. The lowest BCUT2D eigenvalue weighted by atomic mass is 9.87. The van der Waals surface area contributed by atoms with Crippen LogP contribution in [0, 0.1) is 0 Å². The highest BCUT2D eigenvalue weighted by molar-refractivity contribution is 7.38. The number of fused-ring (bicyclic) bond motifs is 1. The molecule has 0 bridgehead atoms. The summed E-state index contributed by atoms with van der Waals surface area (Å²) in [6.45, 7) is 11.6. The Kier molecular flexibility index (Phi) is 3.68. The number of hydrogen-bond acceptors (Lipinski definition) is 0.